The largest absolute Gasteiger partial charge is 0.388 e. The van der Waals surface area contributed by atoms with Crippen LogP contribution in [0, 0.1) is 0 Å². The van der Waals surface area contributed by atoms with E-state index in [0.29, 0.717) is 6.42 Å². The molecule has 1 aromatic carbocycles. The van der Waals surface area contributed by atoms with Crippen LogP contribution in [0.4, 0.5) is 0 Å². The molecule has 0 aliphatic heterocycles. The van der Waals surface area contributed by atoms with E-state index in [1.807, 2.05) is 6.26 Å². The van der Waals surface area contributed by atoms with Crippen LogP contribution in [0.25, 0.3) is 0 Å². The first kappa shape index (κ1) is 21.0. The van der Waals surface area contributed by atoms with E-state index in [9.17, 15) is 18.3 Å². The smallest absolute Gasteiger partial charge is 0.224 e. The number of benzene rings is 1. The van der Waals surface area contributed by atoms with Gasteiger partial charge in [-0.1, -0.05) is 12.1 Å². The summed E-state index contributed by atoms with van der Waals surface area (Å²) in [6, 6.07) is 6.38. The van der Waals surface area contributed by atoms with E-state index >= 15 is 0 Å². The summed E-state index contributed by atoms with van der Waals surface area (Å²) in [5, 5.41) is 12.4. The monoisotopic (exact) mass is 373 g/mol. The lowest BCUT2D eigenvalue weighted by molar-refractivity contribution is -0.121. The zero-order valence-electron chi connectivity index (χ0n) is 14.7. The van der Waals surface area contributed by atoms with Crippen LogP contribution in [0.1, 0.15) is 32.8 Å². The summed E-state index contributed by atoms with van der Waals surface area (Å²) in [4.78, 5) is 12.2. The molecular weight excluding hydrogens is 346 g/mol. The second-order valence-electron chi connectivity index (χ2n) is 6.43. The highest BCUT2D eigenvalue weighted by Crippen LogP contribution is 2.17. The molecular formula is C17H27NO4S2. The van der Waals surface area contributed by atoms with Gasteiger partial charge in [-0.25, -0.2) is 8.42 Å². The molecule has 0 fully saturated rings. The topological polar surface area (TPSA) is 83.5 Å². The molecule has 1 aromatic rings. The fraction of sp³-hybridized carbons (Fsp3) is 0.588. The molecule has 2 N–H and O–H groups in total. The third-order valence-electron chi connectivity index (χ3n) is 3.75. The summed E-state index contributed by atoms with van der Waals surface area (Å²) in [5.41, 5.74) is -0.188. The third-order valence-corrected chi connectivity index (χ3v) is 6.53. The van der Waals surface area contributed by atoms with Crippen molar-refractivity contribution in [2.24, 2.45) is 0 Å². The van der Waals surface area contributed by atoms with Crippen molar-refractivity contribution in [1.82, 2.24) is 5.32 Å². The van der Waals surface area contributed by atoms with Gasteiger partial charge in [-0.2, -0.15) is 11.8 Å². The molecule has 0 unspecified atom stereocenters. The number of hydrogen-bond acceptors (Lipinski definition) is 5. The number of carbonyl (C=O) groups excluding carboxylic acids is 1. The van der Waals surface area contributed by atoms with Crippen molar-refractivity contribution < 1.29 is 18.3 Å². The van der Waals surface area contributed by atoms with Crippen LogP contribution < -0.4 is 5.32 Å². The van der Waals surface area contributed by atoms with Crippen molar-refractivity contribution >= 4 is 27.5 Å². The van der Waals surface area contributed by atoms with Crippen LogP contribution in [0.15, 0.2) is 29.2 Å². The molecule has 24 heavy (non-hydrogen) atoms. The van der Waals surface area contributed by atoms with Gasteiger partial charge in [0.05, 0.1) is 22.2 Å². The van der Waals surface area contributed by atoms with Gasteiger partial charge < -0.3 is 10.4 Å². The lowest BCUT2D eigenvalue weighted by Crippen LogP contribution is -2.41. The molecule has 0 heterocycles. The normalized spacial score (nSPS) is 14.4. The predicted octanol–water partition coefficient (Wildman–Crippen LogP) is 2.03. The van der Waals surface area contributed by atoms with E-state index in [1.165, 1.54) is 12.1 Å². The van der Waals surface area contributed by atoms with E-state index < -0.39 is 20.7 Å². The number of carbonyl (C=O) groups is 1. The van der Waals surface area contributed by atoms with Gasteiger partial charge in [0, 0.05) is 6.54 Å². The minimum absolute atomic E-state index is 0.153. The summed E-state index contributed by atoms with van der Waals surface area (Å²) >= 11 is 1.65. The second kappa shape index (κ2) is 8.87. The average molecular weight is 374 g/mol. The van der Waals surface area contributed by atoms with Crippen molar-refractivity contribution in [2.75, 3.05) is 18.6 Å². The molecule has 0 spiro atoms. The summed E-state index contributed by atoms with van der Waals surface area (Å²) < 4.78 is 24.1. The number of hydrogen-bond donors (Lipinski definition) is 2. The lowest BCUT2D eigenvalue weighted by atomic mass is 10.0. The summed E-state index contributed by atoms with van der Waals surface area (Å²) in [6.45, 7) is 5.18. The number of nitrogens with one attached hydrogen (secondary N) is 1. The molecule has 1 rings (SSSR count). The van der Waals surface area contributed by atoms with Crippen molar-refractivity contribution in [3.05, 3.63) is 29.8 Å². The molecule has 1 atom stereocenters. The van der Waals surface area contributed by atoms with Gasteiger partial charge in [0.25, 0.3) is 0 Å². The fourth-order valence-electron chi connectivity index (χ4n) is 2.02. The van der Waals surface area contributed by atoms with Gasteiger partial charge in [-0.05, 0) is 56.9 Å². The standard InChI is InChI=1S/C17H27NO4S2/c1-13(2)24(21,22)15-7-5-14(6-8-15)11-16(19)18-12-17(3,20)9-10-23-4/h5-8,13,20H,9-12H2,1-4H3,(H,18,19)/t17-/m0/s1. The molecule has 0 aliphatic rings. The quantitative estimate of drug-likeness (QED) is 0.692. The number of rotatable bonds is 9. The molecule has 0 aromatic heterocycles. The fourth-order valence-corrected chi connectivity index (χ4v) is 3.72. The van der Waals surface area contributed by atoms with Gasteiger partial charge in [0.15, 0.2) is 9.84 Å². The average Bonchev–Trinajstić information content (AvgIpc) is 2.51. The maximum absolute atomic E-state index is 12.1. The predicted molar refractivity (Wildman–Crippen MR) is 99.1 cm³/mol. The van der Waals surface area contributed by atoms with Crippen LogP contribution in [-0.2, 0) is 21.1 Å². The summed E-state index contributed by atoms with van der Waals surface area (Å²) in [7, 11) is -3.30. The summed E-state index contributed by atoms with van der Waals surface area (Å²) in [6.07, 6.45) is 2.73. The Bertz CT molecular complexity index is 637. The Hall–Kier alpha value is -1.05. The van der Waals surface area contributed by atoms with Crippen molar-refractivity contribution in [2.45, 2.75) is 49.4 Å². The highest BCUT2D eigenvalue weighted by Gasteiger charge is 2.21. The highest BCUT2D eigenvalue weighted by atomic mass is 32.2. The van der Waals surface area contributed by atoms with E-state index in [0.717, 1.165) is 11.3 Å². The first-order chi connectivity index (χ1) is 11.1. The van der Waals surface area contributed by atoms with Crippen LogP contribution in [0.2, 0.25) is 0 Å². The number of sulfone groups is 1. The SMILES string of the molecule is CSCC[C@](C)(O)CNC(=O)Cc1ccc(S(=O)(=O)C(C)C)cc1. The van der Waals surface area contributed by atoms with Gasteiger partial charge in [0.1, 0.15) is 0 Å². The Balaban J connectivity index is 2.60. The minimum atomic E-state index is -3.30. The molecule has 0 saturated heterocycles. The molecule has 136 valence electrons. The molecule has 1 amide bonds. The molecule has 0 radical (unpaired) electrons. The zero-order valence-corrected chi connectivity index (χ0v) is 16.3. The van der Waals surface area contributed by atoms with Gasteiger partial charge in [-0.15, -0.1) is 0 Å². The molecule has 7 heteroatoms. The van der Waals surface area contributed by atoms with Crippen molar-refractivity contribution in [1.29, 1.82) is 0 Å². The van der Waals surface area contributed by atoms with Gasteiger partial charge in [-0.3, -0.25) is 4.79 Å². The third kappa shape index (κ3) is 6.45. The van der Waals surface area contributed by atoms with Crippen molar-refractivity contribution in [3.8, 4) is 0 Å². The van der Waals surface area contributed by atoms with Crippen molar-refractivity contribution in [3.63, 3.8) is 0 Å². The van der Waals surface area contributed by atoms with Gasteiger partial charge >= 0.3 is 0 Å². The number of amides is 1. The van der Waals surface area contributed by atoms with E-state index in [1.54, 1.807) is 44.7 Å². The maximum atomic E-state index is 12.1. The molecule has 0 aliphatic carbocycles. The Morgan fingerprint density at radius 2 is 1.88 bits per heavy atom. The minimum Gasteiger partial charge on any atom is -0.388 e. The summed E-state index contributed by atoms with van der Waals surface area (Å²) in [5.74, 6) is 0.633. The van der Waals surface area contributed by atoms with Gasteiger partial charge in [0.2, 0.25) is 5.91 Å². The van der Waals surface area contributed by atoms with Crippen LogP contribution >= 0.6 is 11.8 Å². The Morgan fingerprint density at radius 1 is 1.29 bits per heavy atom. The van der Waals surface area contributed by atoms with E-state index in [-0.39, 0.29) is 23.8 Å². The molecule has 0 bridgehead atoms. The maximum Gasteiger partial charge on any atom is 0.224 e. The number of thioether (sulfide) groups is 1. The van der Waals surface area contributed by atoms with Crippen LogP contribution in [0.5, 0.6) is 0 Å². The van der Waals surface area contributed by atoms with Crippen LogP contribution in [-0.4, -0.2) is 48.8 Å². The zero-order chi connectivity index (χ0) is 18.4. The van der Waals surface area contributed by atoms with E-state index in [4.69, 9.17) is 0 Å². The Labute approximate surface area is 149 Å². The molecule has 0 saturated carbocycles. The first-order valence-electron chi connectivity index (χ1n) is 7.89. The molecule has 5 nitrogen and oxygen atoms in total. The second-order valence-corrected chi connectivity index (χ2v) is 9.92. The first-order valence-corrected chi connectivity index (χ1v) is 10.8. The lowest BCUT2D eigenvalue weighted by Gasteiger charge is -2.23. The highest BCUT2D eigenvalue weighted by molar-refractivity contribution is 7.98. The number of aliphatic hydroxyl groups is 1. The van der Waals surface area contributed by atoms with E-state index in [2.05, 4.69) is 5.32 Å². The Morgan fingerprint density at radius 3 is 2.38 bits per heavy atom. The Kier molecular flexibility index (Phi) is 7.76. The van der Waals surface area contributed by atoms with Crippen LogP contribution in [0.3, 0.4) is 0 Å².